The summed E-state index contributed by atoms with van der Waals surface area (Å²) in [5.74, 6) is 1.27. The highest BCUT2D eigenvalue weighted by atomic mass is 16.6. The highest BCUT2D eigenvalue weighted by molar-refractivity contribution is 6.06. The number of hydrogen-bond donors (Lipinski definition) is 1. The lowest BCUT2D eigenvalue weighted by atomic mass is 9.75. The number of benzene rings is 2. The zero-order chi connectivity index (χ0) is 22.0. The Morgan fingerprint density at radius 2 is 1.90 bits per heavy atom. The van der Waals surface area contributed by atoms with E-state index in [1.54, 1.807) is 7.11 Å². The average molecular weight is 412 g/mol. The van der Waals surface area contributed by atoms with Gasteiger partial charge in [-0.05, 0) is 43.4 Å². The Morgan fingerprint density at radius 3 is 2.50 bits per heavy atom. The number of nitrogens with zero attached hydrogens (tertiary/aromatic N) is 3. The van der Waals surface area contributed by atoms with Crippen molar-refractivity contribution in [3.05, 3.63) is 67.3 Å². The quantitative estimate of drug-likeness (QED) is 0.535. The van der Waals surface area contributed by atoms with Crippen LogP contribution in [0.3, 0.4) is 0 Å². The van der Waals surface area contributed by atoms with Gasteiger partial charge in [0.25, 0.3) is 5.69 Å². The van der Waals surface area contributed by atoms with Crippen LogP contribution in [-0.2, 0) is 6.42 Å². The molecule has 0 saturated carbocycles. The molecule has 0 bridgehead atoms. The van der Waals surface area contributed by atoms with Gasteiger partial charge in [0.15, 0.2) is 0 Å². The standard InChI is InChI=1S/C21H24N4O5/c1-12(2)15-7-8-16-19(30-4)10-5-13(3)20(16)21(15)23-22-17-9-6-14(24(26)27)11-18(17)25(28)29/h5-6,9-12,15,22H,7-8H2,1-4H3/b23-21-. The van der Waals surface area contributed by atoms with Crippen molar-refractivity contribution in [2.45, 2.75) is 33.6 Å². The van der Waals surface area contributed by atoms with Crippen LogP contribution in [0.25, 0.3) is 0 Å². The molecular formula is C21H24N4O5. The maximum absolute atomic E-state index is 11.4. The molecular weight excluding hydrogens is 388 g/mol. The van der Waals surface area contributed by atoms with E-state index in [1.807, 2.05) is 19.1 Å². The minimum atomic E-state index is -0.662. The highest BCUT2D eigenvalue weighted by Crippen LogP contribution is 2.38. The molecule has 2 aromatic carbocycles. The minimum absolute atomic E-state index is 0.105. The fourth-order valence-electron chi connectivity index (χ4n) is 3.95. The van der Waals surface area contributed by atoms with Crippen LogP contribution < -0.4 is 10.2 Å². The summed E-state index contributed by atoms with van der Waals surface area (Å²) in [6, 6.07) is 7.39. The third-order valence-corrected chi connectivity index (χ3v) is 5.50. The van der Waals surface area contributed by atoms with E-state index in [1.165, 1.54) is 12.1 Å². The second kappa shape index (κ2) is 8.48. The molecule has 0 saturated heterocycles. The Kier molecular flexibility index (Phi) is 6.00. The number of non-ortho nitro benzene ring substituents is 1. The molecule has 30 heavy (non-hydrogen) atoms. The van der Waals surface area contributed by atoms with Gasteiger partial charge < -0.3 is 4.74 Å². The maximum Gasteiger partial charge on any atom is 0.301 e. The van der Waals surface area contributed by atoms with Crippen LogP contribution in [0.4, 0.5) is 17.1 Å². The first kappa shape index (κ1) is 21.2. The molecule has 0 aromatic heterocycles. The van der Waals surface area contributed by atoms with Crippen molar-refractivity contribution in [3.8, 4) is 5.75 Å². The van der Waals surface area contributed by atoms with Gasteiger partial charge in [-0.3, -0.25) is 25.7 Å². The monoisotopic (exact) mass is 412 g/mol. The van der Waals surface area contributed by atoms with Gasteiger partial charge in [-0.2, -0.15) is 5.10 Å². The van der Waals surface area contributed by atoms with E-state index in [-0.39, 0.29) is 17.3 Å². The Balaban J connectivity index is 2.10. The first-order chi connectivity index (χ1) is 14.2. The Morgan fingerprint density at radius 1 is 1.17 bits per heavy atom. The number of fused-ring (bicyclic) bond motifs is 1. The fourth-order valence-corrected chi connectivity index (χ4v) is 3.95. The zero-order valence-electron chi connectivity index (χ0n) is 17.3. The summed E-state index contributed by atoms with van der Waals surface area (Å²) >= 11 is 0. The van der Waals surface area contributed by atoms with E-state index in [4.69, 9.17) is 4.74 Å². The van der Waals surface area contributed by atoms with Crippen LogP contribution in [0.15, 0.2) is 35.4 Å². The number of anilines is 1. The number of rotatable bonds is 6. The van der Waals surface area contributed by atoms with Gasteiger partial charge in [-0.25, -0.2) is 0 Å². The number of ether oxygens (including phenoxy) is 1. The van der Waals surface area contributed by atoms with E-state index in [0.29, 0.717) is 5.92 Å². The summed E-state index contributed by atoms with van der Waals surface area (Å²) in [5.41, 5.74) is 6.11. The third kappa shape index (κ3) is 3.96. The lowest BCUT2D eigenvalue weighted by Gasteiger charge is -2.31. The van der Waals surface area contributed by atoms with Gasteiger partial charge in [0, 0.05) is 23.1 Å². The first-order valence-corrected chi connectivity index (χ1v) is 9.67. The SMILES string of the molecule is COc1ccc(C)c2c1CCC(C(C)C)/C2=N/Nc1ccc([N+](=O)[O-])cc1[N+](=O)[O-]. The zero-order valence-corrected chi connectivity index (χ0v) is 17.3. The number of aryl methyl sites for hydroxylation is 1. The van der Waals surface area contributed by atoms with Crippen LogP contribution in [-0.4, -0.2) is 22.7 Å². The third-order valence-electron chi connectivity index (χ3n) is 5.50. The molecule has 0 radical (unpaired) electrons. The number of hydrazone groups is 1. The predicted molar refractivity (Wildman–Crippen MR) is 114 cm³/mol. The largest absolute Gasteiger partial charge is 0.496 e. The van der Waals surface area contributed by atoms with E-state index in [2.05, 4.69) is 24.4 Å². The molecule has 1 aliphatic carbocycles. The predicted octanol–water partition coefficient (Wildman–Crippen LogP) is 4.85. The minimum Gasteiger partial charge on any atom is -0.496 e. The molecule has 9 heteroatoms. The molecule has 1 atom stereocenters. The summed E-state index contributed by atoms with van der Waals surface area (Å²) in [7, 11) is 1.63. The molecule has 0 aliphatic heterocycles. The van der Waals surface area contributed by atoms with Gasteiger partial charge in [0.1, 0.15) is 11.4 Å². The molecule has 2 aromatic rings. The van der Waals surface area contributed by atoms with E-state index >= 15 is 0 Å². The summed E-state index contributed by atoms with van der Waals surface area (Å²) < 4.78 is 5.53. The second-order valence-corrected chi connectivity index (χ2v) is 7.65. The van der Waals surface area contributed by atoms with Crippen molar-refractivity contribution in [1.29, 1.82) is 0 Å². The second-order valence-electron chi connectivity index (χ2n) is 7.65. The molecule has 1 aliphatic rings. The Labute approximate surface area is 174 Å². The van der Waals surface area contributed by atoms with Crippen LogP contribution in [0, 0.1) is 39.0 Å². The van der Waals surface area contributed by atoms with Gasteiger partial charge >= 0.3 is 5.69 Å². The molecule has 9 nitrogen and oxygen atoms in total. The Bertz CT molecular complexity index is 1030. The normalized spacial score (nSPS) is 17.0. The van der Waals surface area contributed by atoms with E-state index < -0.39 is 15.5 Å². The van der Waals surface area contributed by atoms with Crippen molar-refractivity contribution in [2.75, 3.05) is 12.5 Å². The van der Waals surface area contributed by atoms with Crippen molar-refractivity contribution in [2.24, 2.45) is 16.9 Å². The Hall–Kier alpha value is -3.49. The summed E-state index contributed by atoms with van der Waals surface area (Å²) in [6.45, 7) is 6.24. The first-order valence-electron chi connectivity index (χ1n) is 9.67. The summed E-state index contributed by atoms with van der Waals surface area (Å²) in [6.07, 6.45) is 1.74. The number of nitrogens with one attached hydrogen (secondary N) is 1. The molecule has 158 valence electrons. The lowest BCUT2D eigenvalue weighted by molar-refractivity contribution is -0.393. The summed E-state index contributed by atoms with van der Waals surface area (Å²) in [4.78, 5) is 21.1. The highest BCUT2D eigenvalue weighted by Gasteiger charge is 2.31. The van der Waals surface area contributed by atoms with Crippen LogP contribution >= 0.6 is 0 Å². The van der Waals surface area contributed by atoms with Crippen molar-refractivity contribution in [1.82, 2.24) is 0 Å². The van der Waals surface area contributed by atoms with E-state index in [9.17, 15) is 20.2 Å². The van der Waals surface area contributed by atoms with Crippen LogP contribution in [0.2, 0.25) is 0 Å². The molecule has 0 fully saturated rings. The van der Waals surface area contributed by atoms with E-state index in [0.717, 1.165) is 47.1 Å². The topological polar surface area (TPSA) is 120 Å². The maximum atomic E-state index is 11.4. The molecule has 1 unspecified atom stereocenters. The fraction of sp³-hybridized carbons (Fsp3) is 0.381. The average Bonchev–Trinajstić information content (AvgIpc) is 2.71. The number of nitro groups is 2. The summed E-state index contributed by atoms with van der Waals surface area (Å²) in [5, 5.41) is 27.0. The molecule has 0 spiro atoms. The van der Waals surface area contributed by atoms with Crippen LogP contribution in [0.1, 0.15) is 37.0 Å². The van der Waals surface area contributed by atoms with Gasteiger partial charge in [-0.15, -0.1) is 0 Å². The molecule has 3 rings (SSSR count). The lowest BCUT2D eigenvalue weighted by Crippen LogP contribution is -2.29. The molecule has 0 amide bonds. The number of methoxy groups -OCH3 is 1. The smallest absolute Gasteiger partial charge is 0.301 e. The number of hydrogen-bond acceptors (Lipinski definition) is 7. The number of nitro benzene ring substituents is 2. The van der Waals surface area contributed by atoms with Crippen LogP contribution in [0.5, 0.6) is 5.75 Å². The van der Waals surface area contributed by atoms with Gasteiger partial charge in [-0.1, -0.05) is 19.9 Å². The molecule has 0 heterocycles. The van der Waals surface area contributed by atoms with Crippen molar-refractivity contribution >= 4 is 22.8 Å². The van der Waals surface area contributed by atoms with Gasteiger partial charge in [0.05, 0.1) is 28.7 Å². The van der Waals surface area contributed by atoms with Gasteiger partial charge in [0.2, 0.25) is 0 Å². The van der Waals surface area contributed by atoms with Crippen molar-refractivity contribution in [3.63, 3.8) is 0 Å². The molecule has 1 N–H and O–H groups in total. The van der Waals surface area contributed by atoms with Crippen molar-refractivity contribution < 1.29 is 14.6 Å².